The third kappa shape index (κ3) is 2.42. The number of carbonyl (C=O) groups excluding carboxylic acids is 1. The van der Waals surface area contributed by atoms with Crippen LogP contribution in [0.1, 0.15) is 35.5 Å². The fourth-order valence-corrected chi connectivity index (χ4v) is 4.67. The first kappa shape index (κ1) is 18.1. The number of aliphatic imine (C=N–C) groups is 1. The number of ketones is 1. The van der Waals surface area contributed by atoms with E-state index in [0.29, 0.717) is 25.5 Å². The minimum atomic E-state index is -0.708. The lowest BCUT2D eigenvalue weighted by Gasteiger charge is -2.61. The molecule has 1 atom stereocenters. The van der Waals surface area contributed by atoms with Gasteiger partial charge in [-0.15, -0.1) is 0 Å². The van der Waals surface area contributed by atoms with Gasteiger partial charge < -0.3 is 19.9 Å². The Morgan fingerprint density at radius 1 is 1.21 bits per heavy atom. The summed E-state index contributed by atoms with van der Waals surface area (Å²) in [5, 5.41) is 0. The molecule has 8 nitrogen and oxygen atoms in total. The van der Waals surface area contributed by atoms with Crippen LogP contribution in [-0.4, -0.2) is 47.2 Å². The van der Waals surface area contributed by atoms with E-state index >= 15 is 0 Å². The van der Waals surface area contributed by atoms with Crippen molar-refractivity contribution >= 4 is 11.8 Å². The number of aromatic nitrogens is 2. The summed E-state index contributed by atoms with van der Waals surface area (Å²) in [5.41, 5.74) is 6.46. The minimum Gasteiger partial charge on any atom is -0.487 e. The van der Waals surface area contributed by atoms with Crippen LogP contribution in [0.3, 0.4) is 0 Å². The van der Waals surface area contributed by atoms with Crippen molar-refractivity contribution in [3.63, 3.8) is 0 Å². The van der Waals surface area contributed by atoms with Gasteiger partial charge in [-0.25, -0.2) is 15.0 Å². The molecule has 1 saturated heterocycles. The predicted molar refractivity (Wildman–Crippen MR) is 104 cm³/mol. The molecular weight excluding hydrogens is 372 g/mol. The van der Waals surface area contributed by atoms with Crippen molar-refractivity contribution in [1.82, 2.24) is 9.97 Å². The summed E-state index contributed by atoms with van der Waals surface area (Å²) in [6.07, 6.45) is 3.15. The summed E-state index contributed by atoms with van der Waals surface area (Å²) in [7, 11) is 0. The van der Waals surface area contributed by atoms with Gasteiger partial charge in [-0.1, -0.05) is 6.07 Å². The van der Waals surface area contributed by atoms with Gasteiger partial charge in [-0.05, 0) is 37.6 Å². The van der Waals surface area contributed by atoms with Crippen LogP contribution in [0.4, 0.5) is 0 Å². The molecule has 0 radical (unpaired) electrons. The second kappa shape index (κ2) is 6.00. The van der Waals surface area contributed by atoms with Crippen molar-refractivity contribution in [3.05, 3.63) is 53.6 Å². The zero-order chi connectivity index (χ0) is 20.3. The smallest absolute Gasteiger partial charge is 0.283 e. The monoisotopic (exact) mass is 394 g/mol. The highest BCUT2D eigenvalue weighted by Crippen LogP contribution is 2.62. The number of amidine groups is 1. The highest BCUT2D eigenvalue weighted by atomic mass is 16.5. The maximum atomic E-state index is 12.6. The lowest BCUT2D eigenvalue weighted by Crippen LogP contribution is -2.71. The Labute approximate surface area is 168 Å². The molecule has 0 saturated carbocycles. The molecule has 1 unspecified atom stereocenters. The summed E-state index contributed by atoms with van der Waals surface area (Å²) >= 11 is 0. The van der Waals surface area contributed by atoms with Gasteiger partial charge in [0.25, 0.3) is 6.02 Å². The summed E-state index contributed by atoms with van der Waals surface area (Å²) in [6.45, 7) is 5.44. The molecular formula is C21H22N4O4. The molecule has 5 rings (SSSR count). The summed E-state index contributed by atoms with van der Waals surface area (Å²) in [6, 6.07) is 7.57. The molecule has 1 fully saturated rings. The van der Waals surface area contributed by atoms with E-state index in [1.807, 2.05) is 18.2 Å². The van der Waals surface area contributed by atoms with E-state index < -0.39 is 16.6 Å². The van der Waals surface area contributed by atoms with Crippen LogP contribution in [0, 0.1) is 5.41 Å². The fraction of sp³-hybridized carbons (Fsp3) is 0.429. The molecule has 4 heterocycles. The van der Waals surface area contributed by atoms with Crippen LogP contribution in [-0.2, 0) is 21.4 Å². The molecule has 0 bridgehead atoms. The fourth-order valence-electron chi connectivity index (χ4n) is 4.67. The van der Waals surface area contributed by atoms with Gasteiger partial charge in [0.05, 0.1) is 18.6 Å². The highest BCUT2D eigenvalue weighted by molar-refractivity contribution is 5.95. The molecule has 0 amide bonds. The zero-order valence-corrected chi connectivity index (χ0v) is 16.3. The molecule has 3 aliphatic heterocycles. The van der Waals surface area contributed by atoms with Crippen molar-refractivity contribution in [2.45, 2.75) is 31.4 Å². The molecule has 150 valence electrons. The van der Waals surface area contributed by atoms with Crippen molar-refractivity contribution in [3.8, 4) is 5.75 Å². The van der Waals surface area contributed by atoms with Crippen LogP contribution in [0.2, 0.25) is 0 Å². The number of carbonyl (C=O) groups is 1. The maximum Gasteiger partial charge on any atom is 0.283 e. The number of nitrogens with zero attached hydrogens (tertiary/aromatic N) is 3. The average Bonchev–Trinajstić information content (AvgIpc) is 3.03. The first-order valence-corrected chi connectivity index (χ1v) is 9.54. The standard InChI is InChI=1S/C21H22N4O4/c1-19(2)20(9-27-10-20)21(11-28-18(22)25-21)14-7-13(3-4-17(14)29-19)8-16(26)15-5-6-23-12-24-15/h3-7,12H,8-11H2,1-2H3,(H2,22,25). The average molecular weight is 394 g/mol. The largest absolute Gasteiger partial charge is 0.487 e. The van der Waals surface area contributed by atoms with Crippen molar-refractivity contribution in [2.75, 3.05) is 19.8 Å². The van der Waals surface area contributed by atoms with E-state index in [1.54, 1.807) is 12.3 Å². The number of rotatable bonds is 3. The first-order chi connectivity index (χ1) is 13.9. The minimum absolute atomic E-state index is 0.0779. The van der Waals surface area contributed by atoms with Crippen molar-refractivity contribution < 1.29 is 19.0 Å². The normalized spacial score (nSPS) is 25.5. The SMILES string of the molecule is CC1(C)Oc2ccc(CC(=O)c3ccncn3)cc2C2(COC(N)=N2)C12COC2. The molecule has 2 aromatic rings. The van der Waals surface area contributed by atoms with Gasteiger partial charge in [-0.3, -0.25) is 4.79 Å². The van der Waals surface area contributed by atoms with Crippen molar-refractivity contribution in [2.24, 2.45) is 16.1 Å². The molecule has 3 aliphatic rings. The van der Waals surface area contributed by atoms with Crippen LogP contribution < -0.4 is 10.5 Å². The van der Waals surface area contributed by atoms with E-state index in [2.05, 4.69) is 23.8 Å². The van der Waals surface area contributed by atoms with Crippen LogP contribution in [0.5, 0.6) is 5.75 Å². The molecule has 1 aromatic heterocycles. The summed E-state index contributed by atoms with van der Waals surface area (Å²) in [5.74, 6) is 0.652. The Bertz CT molecular complexity index is 1020. The van der Waals surface area contributed by atoms with Crippen molar-refractivity contribution in [1.29, 1.82) is 0 Å². The topological polar surface area (TPSA) is 109 Å². The van der Waals surface area contributed by atoms with E-state index in [9.17, 15) is 4.79 Å². The number of hydrogen-bond donors (Lipinski definition) is 1. The Morgan fingerprint density at radius 3 is 2.66 bits per heavy atom. The molecule has 29 heavy (non-hydrogen) atoms. The third-order valence-electron chi connectivity index (χ3n) is 6.46. The summed E-state index contributed by atoms with van der Waals surface area (Å²) in [4.78, 5) is 25.3. The van der Waals surface area contributed by atoms with E-state index in [0.717, 1.165) is 16.9 Å². The number of fused-ring (bicyclic) bond motifs is 3. The van der Waals surface area contributed by atoms with E-state index in [4.69, 9.17) is 24.9 Å². The van der Waals surface area contributed by atoms with E-state index in [1.165, 1.54) is 6.33 Å². The predicted octanol–water partition coefficient (Wildman–Crippen LogP) is 1.63. The molecule has 1 aromatic carbocycles. The van der Waals surface area contributed by atoms with Gasteiger partial charge in [0.2, 0.25) is 0 Å². The Kier molecular flexibility index (Phi) is 3.73. The Morgan fingerprint density at radius 2 is 2.03 bits per heavy atom. The van der Waals surface area contributed by atoms with Crippen LogP contribution in [0.25, 0.3) is 0 Å². The van der Waals surface area contributed by atoms with Crippen LogP contribution in [0.15, 0.2) is 41.8 Å². The van der Waals surface area contributed by atoms with Gasteiger partial charge in [-0.2, -0.15) is 0 Å². The zero-order valence-electron chi connectivity index (χ0n) is 16.3. The number of benzene rings is 1. The lowest BCUT2D eigenvalue weighted by atomic mass is 9.55. The molecule has 2 N–H and O–H groups in total. The lowest BCUT2D eigenvalue weighted by molar-refractivity contribution is -0.247. The second-order valence-corrected chi connectivity index (χ2v) is 8.31. The summed E-state index contributed by atoms with van der Waals surface area (Å²) < 4.78 is 17.7. The Hall–Kier alpha value is -3.00. The first-order valence-electron chi connectivity index (χ1n) is 9.54. The molecule has 0 aliphatic carbocycles. The number of nitrogens with two attached hydrogens (primary N) is 1. The van der Waals surface area contributed by atoms with Gasteiger partial charge in [0.1, 0.15) is 35.5 Å². The third-order valence-corrected chi connectivity index (χ3v) is 6.46. The quantitative estimate of drug-likeness (QED) is 0.788. The Balaban J connectivity index is 1.59. The van der Waals surface area contributed by atoms with Gasteiger partial charge in [0, 0.05) is 18.2 Å². The number of Topliss-reactive ketones (excluding diaryl/α,β-unsaturated/α-hetero) is 1. The van der Waals surface area contributed by atoms with Crippen LogP contribution >= 0.6 is 0 Å². The van der Waals surface area contributed by atoms with E-state index in [-0.39, 0.29) is 18.2 Å². The second-order valence-electron chi connectivity index (χ2n) is 8.31. The molecule has 2 spiro atoms. The number of ether oxygens (including phenoxy) is 3. The maximum absolute atomic E-state index is 12.6. The number of hydrogen-bond acceptors (Lipinski definition) is 8. The van der Waals surface area contributed by atoms with Gasteiger partial charge >= 0.3 is 0 Å². The highest BCUT2D eigenvalue weighted by Gasteiger charge is 2.71. The molecule has 8 heteroatoms. The van der Waals surface area contributed by atoms with Gasteiger partial charge in [0.15, 0.2) is 5.78 Å².